The van der Waals surface area contributed by atoms with Crippen LogP contribution in [-0.4, -0.2) is 101 Å². The summed E-state index contributed by atoms with van der Waals surface area (Å²) in [6.45, 7) is -5.12. The molecule has 2 aliphatic rings. The molecule has 2 fully saturated rings. The van der Waals surface area contributed by atoms with E-state index in [4.69, 9.17) is 29.4 Å². The van der Waals surface area contributed by atoms with Crippen LogP contribution < -0.4 is 5.73 Å². The predicted molar refractivity (Wildman–Crippen MR) is 135 cm³/mol. The highest BCUT2D eigenvalue weighted by Crippen LogP contribution is 2.66. The number of anilines is 1. The van der Waals surface area contributed by atoms with E-state index in [2.05, 4.69) is 31.5 Å². The maximum atomic E-state index is 13.9. The largest absolute Gasteiger partial charge is 0.482 e. The van der Waals surface area contributed by atoms with Crippen LogP contribution in [0.25, 0.3) is 11.2 Å². The van der Waals surface area contributed by atoms with Gasteiger partial charge in [0.15, 0.2) is 17.8 Å². The smallest absolute Gasteiger partial charge is 0.393 e. The first-order chi connectivity index (χ1) is 18.7. The average molecular weight is 633 g/mol. The second-order valence-corrected chi connectivity index (χ2v) is 14.0. The molecule has 0 saturated carbocycles. The Morgan fingerprint density at radius 2 is 2.00 bits per heavy atom. The van der Waals surface area contributed by atoms with E-state index in [0.29, 0.717) is 24.0 Å². The third-order valence-electron chi connectivity index (χ3n) is 6.52. The Morgan fingerprint density at radius 3 is 2.70 bits per heavy atom. The molecule has 40 heavy (non-hydrogen) atoms. The molecule has 0 bridgehead atoms. The average Bonchev–Trinajstić information content (AvgIpc) is 3.47. The zero-order valence-corrected chi connectivity index (χ0v) is 23.6. The first kappa shape index (κ1) is 31.6. The summed E-state index contributed by atoms with van der Waals surface area (Å²) < 4.78 is 66.4. The topological polar surface area (TPSA) is 251 Å². The van der Waals surface area contributed by atoms with Gasteiger partial charge in [-0.3, -0.25) is 13.6 Å². The molecule has 7 N–H and O–H groups in total. The van der Waals surface area contributed by atoms with E-state index in [0.717, 1.165) is 0 Å². The summed E-state index contributed by atoms with van der Waals surface area (Å²) in [7, 11) is -5.37. The molecule has 17 nitrogen and oxygen atoms in total. The van der Waals surface area contributed by atoms with E-state index in [1.165, 1.54) is 12.7 Å². The minimum Gasteiger partial charge on any atom is -0.393 e. The molecule has 4 heterocycles. The Kier molecular flexibility index (Phi) is 9.58. The fraction of sp³-hybridized carbons (Fsp3) is 0.737. The van der Waals surface area contributed by atoms with E-state index in [-0.39, 0.29) is 5.82 Å². The fourth-order valence-electron chi connectivity index (χ4n) is 4.35. The lowest BCUT2D eigenvalue weighted by atomic mass is 9.93. The molecule has 10 atom stereocenters. The molecule has 7 unspecified atom stereocenters. The second-order valence-electron chi connectivity index (χ2n) is 9.58. The van der Waals surface area contributed by atoms with Crippen LogP contribution in [0.4, 0.5) is 10.2 Å². The number of nitrogens with two attached hydrogens (primary N) is 1. The van der Waals surface area contributed by atoms with Crippen LogP contribution in [0.5, 0.6) is 0 Å². The molecule has 21 heteroatoms. The van der Waals surface area contributed by atoms with Gasteiger partial charge in [0.2, 0.25) is 0 Å². The van der Waals surface area contributed by atoms with Gasteiger partial charge in [0, 0.05) is 5.92 Å². The molecule has 0 aromatic carbocycles. The zero-order chi connectivity index (χ0) is 29.5. The number of rotatable bonds is 10. The molecule has 2 aliphatic heterocycles. The Bertz CT molecular complexity index is 1300. The van der Waals surface area contributed by atoms with Crippen molar-refractivity contribution in [3.8, 4) is 0 Å². The quantitative estimate of drug-likeness (QED) is 0.135. The van der Waals surface area contributed by atoms with Crippen LogP contribution in [0.15, 0.2) is 12.7 Å². The van der Waals surface area contributed by atoms with Crippen molar-refractivity contribution < 1.29 is 61.7 Å². The number of hydrogen-bond donors (Lipinski definition) is 7. The summed E-state index contributed by atoms with van der Waals surface area (Å²) in [6, 6.07) is 0. The highest BCUT2D eigenvalue weighted by molar-refractivity contribution is 8.45. The molecular weight excluding hydrogens is 603 g/mol. The minimum atomic E-state index is -5.37. The van der Waals surface area contributed by atoms with Crippen LogP contribution in [0.1, 0.15) is 26.0 Å². The summed E-state index contributed by atoms with van der Waals surface area (Å²) in [5.74, 6) is -1.30. The molecule has 4 rings (SSSR count). The van der Waals surface area contributed by atoms with Crippen LogP contribution >= 0.6 is 26.9 Å². The van der Waals surface area contributed by atoms with Gasteiger partial charge in [-0.15, -0.1) is 0 Å². The van der Waals surface area contributed by atoms with E-state index < -0.39 is 83.0 Å². The van der Waals surface area contributed by atoms with Crippen LogP contribution in [-0.2, 0) is 32.0 Å². The van der Waals surface area contributed by atoms with Crippen molar-refractivity contribution in [3.05, 3.63) is 12.7 Å². The summed E-state index contributed by atoms with van der Waals surface area (Å²) in [4.78, 5) is 22.4. The number of alkyl halides is 1. The molecule has 2 aromatic rings. The normalized spacial score (nSPS) is 35.2. The third-order valence-corrected chi connectivity index (χ3v) is 10.1. The highest BCUT2D eigenvalue weighted by atomic mass is 32.7. The number of imidazole rings is 1. The van der Waals surface area contributed by atoms with Crippen molar-refractivity contribution in [2.45, 2.75) is 62.4 Å². The SMILES string of the molecule is C[C@@]1(COP(=O)(S)OP(=O)(O)OC2OCC([C@@H](F)CO)C(O)C(O)C2O)CC[C@H](n2cnc3c(N)ncnc32)O1. The number of aliphatic hydroxyl groups excluding tert-OH is 4. The van der Waals surface area contributed by atoms with Gasteiger partial charge in [-0.1, -0.05) is 12.2 Å². The van der Waals surface area contributed by atoms with Gasteiger partial charge in [0.25, 0.3) is 0 Å². The summed E-state index contributed by atoms with van der Waals surface area (Å²) in [6.07, 6.45) is -7.24. The van der Waals surface area contributed by atoms with Crippen LogP contribution in [0, 0.1) is 5.92 Å². The molecular formula is C19H30FN5O12P2S. The van der Waals surface area contributed by atoms with Gasteiger partial charge in [0.05, 0.1) is 37.9 Å². The van der Waals surface area contributed by atoms with Gasteiger partial charge in [-0.05, 0) is 19.8 Å². The fourth-order valence-corrected chi connectivity index (χ4v) is 7.62. The first-order valence-corrected chi connectivity index (χ1v) is 16.1. The first-order valence-electron chi connectivity index (χ1n) is 11.9. The molecule has 2 saturated heterocycles. The lowest BCUT2D eigenvalue weighted by Crippen LogP contribution is -2.47. The van der Waals surface area contributed by atoms with Gasteiger partial charge >= 0.3 is 14.6 Å². The van der Waals surface area contributed by atoms with Crippen molar-refractivity contribution in [1.82, 2.24) is 19.5 Å². The number of halogens is 1. The third kappa shape index (κ3) is 7.00. The molecule has 2 aromatic heterocycles. The van der Waals surface area contributed by atoms with Crippen molar-refractivity contribution in [1.29, 1.82) is 0 Å². The number of ether oxygens (including phenoxy) is 2. The number of fused-ring (bicyclic) bond motifs is 1. The second kappa shape index (κ2) is 12.1. The number of phosphoric acid groups is 1. The van der Waals surface area contributed by atoms with Gasteiger partial charge < -0.3 is 40.5 Å². The van der Waals surface area contributed by atoms with E-state index in [1.807, 2.05) is 0 Å². The molecule has 226 valence electrons. The summed E-state index contributed by atoms with van der Waals surface area (Å²) in [5.41, 5.74) is 5.60. The number of thiol groups is 1. The van der Waals surface area contributed by atoms with Crippen molar-refractivity contribution in [2.75, 3.05) is 25.6 Å². The summed E-state index contributed by atoms with van der Waals surface area (Å²) in [5, 5.41) is 39.3. The molecule has 0 amide bonds. The molecule has 0 radical (unpaired) electrons. The lowest BCUT2D eigenvalue weighted by molar-refractivity contribution is -0.173. The number of hydrogen-bond acceptors (Lipinski definition) is 15. The summed E-state index contributed by atoms with van der Waals surface area (Å²) >= 11 is 3.71. The maximum absolute atomic E-state index is 13.9. The van der Waals surface area contributed by atoms with E-state index in [9.17, 15) is 33.7 Å². The highest BCUT2D eigenvalue weighted by Gasteiger charge is 2.48. The monoisotopic (exact) mass is 633 g/mol. The van der Waals surface area contributed by atoms with Gasteiger partial charge in [0.1, 0.15) is 36.5 Å². The van der Waals surface area contributed by atoms with Gasteiger partial charge in [-0.25, -0.2) is 28.5 Å². The van der Waals surface area contributed by atoms with E-state index >= 15 is 0 Å². The Hall–Kier alpha value is -1.31. The van der Waals surface area contributed by atoms with Crippen molar-refractivity contribution >= 4 is 43.9 Å². The maximum Gasteiger partial charge on any atom is 0.482 e. The molecule has 0 aliphatic carbocycles. The van der Waals surface area contributed by atoms with Gasteiger partial charge in [-0.2, -0.15) is 4.31 Å². The van der Waals surface area contributed by atoms with Crippen LogP contribution in [0.2, 0.25) is 0 Å². The van der Waals surface area contributed by atoms with Crippen molar-refractivity contribution in [3.63, 3.8) is 0 Å². The lowest BCUT2D eigenvalue weighted by Gasteiger charge is -2.28. The van der Waals surface area contributed by atoms with Crippen LogP contribution in [0.3, 0.4) is 0 Å². The Morgan fingerprint density at radius 1 is 1.27 bits per heavy atom. The van der Waals surface area contributed by atoms with Crippen molar-refractivity contribution in [2.24, 2.45) is 5.92 Å². The number of aromatic nitrogens is 4. The Labute approximate surface area is 231 Å². The Balaban J connectivity index is 1.35. The molecule has 0 spiro atoms. The number of aliphatic hydroxyl groups is 4. The zero-order valence-electron chi connectivity index (χ0n) is 20.9. The number of phosphoric ester groups is 1. The minimum absolute atomic E-state index is 0.195. The predicted octanol–water partition coefficient (Wildman–Crippen LogP) is 0.0499. The standard InChI is InChI=1S/C19H30FN5O12P2S/c1-19(3-2-11(35-19)25-8-24-12-16(21)22-7-23-17(12)25)6-34-39(32,40)37-38(30,31)36-18-15(29)14(28)13(27)9(5-33-18)10(20)4-26/h7-11,13-15,18,26-29H,2-6H2,1H3,(H,30,31)(H,32,40)(H2,21,22,23)/t9?,10-,11+,13?,14?,15?,18?,19-,39?/m0/s1. The van der Waals surface area contributed by atoms with E-state index in [1.54, 1.807) is 11.5 Å². The number of nitrogens with zero attached hydrogens (tertiary/aromatic N) is 4. The number of nitrogen functional groups attached to an aromatic ring is 1.